The molecule has 8 nitrogen and oxygen atoms in total. The van der Waals surface area contributed by atoms with E-state index in [1.54, 1.807) is 16.7 Å². The van der Waals surface area contributed by atoms with Gasteiger partial charge in [-0.25, -0.2) is 0 Å². The van der Waals surface area contributed by atoms with E-state index in [0.717, 1.165) is 10.0 Å². The van der Waals surface area contributed by atoms with E-state index < -0.39 is 4.92 Å². The summed E-state index contributed by atoms with van der Waals surface area (Å²) in [4.78, 5) is 22.6. The van der Waals surface area contributed by atoms with Gasteiger partial charge in [-0.1, -0.05) is 52.0 Å². The Kier molecular flexibility index (Phi) is 5.87. The molecule has 0 atom stereocenters. The van der Waals surface area contributed by atoms with Crippen LogP contribution in [0, 0.1) is 10.1 Å². The Morgan fingerprint density at radius 2 is 1.93 bits per heavy atom. The van der Waals surface area contributed by atoms with Crippen LogP contribution in [0.5, 0.6) is 0 Å². The summed E-state index contributed by atoms with van der Waals surface area (Å²) in [6.45, 7) is 0. The Morgan fingerprint density at radius 3 is 2.63 bits per heavy atom. The third-order valence-electron chi connectivity index (χ3n) is 3.64. The number of halogens is 1. The highest BCUT2D eigenvalue weighted by molar-refractivity contribution is 9.10. The van der Waals surface area contributed by atoms with Crippen LogP contribution in [0.4, 0.5) is 11.4 Å². The molecule has 138 valence electrons. The van der Waals surface area contributed by atoms with Crippen LogP contribution in [0.3, 0.4) is 0 Å². The monoisotopic (exact) mass is 447 g/mol. The number of carbonyl (C=O) groups is 1. The first-order chi connectivity index (χ1) is 13.0. The lowest BCUT2D eigenvalue weighted by molar-refractivity contribution is -0.383. The van der Waals surface area contributed by atoms with Crippen molar-refractivity contribution in [3.8, 4) is 11.4 Å². The van der Waals surface area contributed by atoms with Gasteiger partial charge in [-0.05, 0) is 18.2 Å². The number of anilines is 1. The van der Waals surface area contributed by atoms with E-state index in [-0.39, 0.29) is 23.0 Å². The van der Waals surface area contributed by atoms with Crippen LogP contribution in [-0.4, -0.2) is 31.3 Å². The molecule has 0 saturated heterocycles. The Morgan fingerprint density at radius 1 is 1.22 bits per heavy atom. The Hall–Kier alpha value is -2.72. The molecular formula is C17H14BrN5O3S. The molecule has 1 aromatic heterocycles. The third kappa shape index (κ3) is 4.52. The smallest absolute Gasteiger partial charge is 0.292 e. The molecular weight excluding hydrogens is 434 g/mol. The summed E-state index contributed by atoms with van der Waals surface area (Å²) in [5, 5.41) is 22.4. The molecule has 1 amide bonds. The zero-order chi connectivity index (χ0) is 19.4. The molecule has 1 heterocycles. The van der Waals surface area contributed by atoms with E-state index in [0.29, 0.717) is 11.0 Å². The average molecular weight is 448 g/mol. The van der Waals surface area contributed by atoms with Crippen LogP contribution in [0.15, 0.2) is 58.2 Å². The second kappa shape index (κ2) is 8.31. The van der Waals surface area contributed by atoms with E-state index >= 15 is 0 Å². The predicted molar refractivity (Wildman–Crippen MR) is 107 cm³/mol. The lowest BCUT2D eigenvalue weighted by Gasteiger charge is -2.06. The highest BCUT2D eigenvalue weighted by Crippen LogP contribution is 2.26. The Labute approximate surface area is 167 Å². The quantitative estimate of drug-likeness (QED) is 0.349. The number of thioether (sulfide) groups is 1. The van der Waals surface area contributed by atoms with Gasteiger partial charge in [-0.3, -0.25) is 14.9 Å². The van der Waals surface area contributed by atoms with Gasteiger partial charge in [0.15, 0.2) is 11.0 Å². The SMILES string of the molecule is Cn1c(SCC(=O)Nc2ccccc2[N+](=O)[O-])nnc1-c1ccc(Br)cc1. The van der Waals surface area contributed by atoms with E-state index in [9.17, 15) is 14.9 Å². The van der Waals surface area contributed by atoms with Crippen molar-refractivity contribution >= 4 is 45.0 Å². The first kappa shape index (κ1) is 19.1. The van der Waals surface area contributed by atoms with E-state index in [1.165, 1.54) is 23.9 Å². The van der Waals surface area contributed by atoms with E-state index in [2.05, 4.69) is 31.4 Å². The topological polar surface area (TPSA) is 103 Å². The zero-order valence-corrected chi connectivity index (χ0v) is 16.5. The highest BCUT2D eigenvalue weighted by atomic mass is 79.9. The summed E-state index contributed by atoms with van der Waals surface area (Å²) in [6, 6.07) is 13.7. The van der Waals surface area contributed by atoms with Gasteiger partial charge in [0.25, 0.3) is 5.69 Å². The van der Waals surface area contributed by atoms with Gasteiger partial charge in [0.05, 0.1) is 10.7 Å². The van der Waals surface area contributed by atoms with Crippen LogP contribution in [0.1, 0.15) is 0 Å². The van der Waals surface area contributed by atoms with Crippen LogP contribution in [-0.2, 0) is 11.8 Å². The first-order valence-corrected chi connectivity index (χ1v) is 9.55. The van der Waals surface area contributed by atoms with Gasteiger partial charge >= 0.3 is 0 Å². The maximum Gasteiger partial charge on any atom is 0.292 e. The van der Waals surface area contributed by atoms with Crippen molar-refractivity contribution in [3.05, 3.63) is 63.1 Å². The minimum absolute atomic E-state index is 0.0539. The number of nitrogens with zero attached hydrogens (tertiary/aromatic N) is 4. The molecule has 1 N–H and O–H groups in total. The lowest BCUT2D eigenvalue weighted by Crippen LogP contribution is -2.15. The maximum absolute atomic E-state index is 12.2. The number of hydrogen-bond acceptors (Lipinski definition) is 6. The Bertz CT molecular complexity index is 990. The van der Waals surface area contributed by atoms with Gasteiger partial charge in [0.2, 0.25) is 5.91 Å². The second-order valence-electron chi connectivity index (χ2n) is 5.48. The van der Waals surface area contributed by atoms with Crippen LogP contribution in [0.25, 0.3) is 11.4 Å². The summed E-state index contributed by atoms with van der Waals surface area (Å²) in [5.41, 5.74) is 0.929. The Balaban J connectivity index is 1.66. The van der Waals surface area contributed by atoms with E-state index in [4.69, 9.17) is 0 Å². The molecule has 0 aliphatic heterocycles. The van der Waals surface area contributed by atoms with Crippen molar-refractivity contribution in [1.29, 1.82) is 0 Å². The second-order valence-corrected chi connectivity index (χ2v) is 7.34. The molecule has 0 spiro atoms. The lowest BCUT2D eigenvalue weighted by atomic mass is 10.2. The van der Waals surface area contributed by atoms with Crippen LogP contribution >= 0.6 is 27.7 Å². The number of rotatable bonds is 6. The zero-order valence-electron chi connectivity index (χ0n) is 14.1. The summed E-state index contributed by atoms with van der Waals surface area (Å²) in [5.74, 6) is 0.379. The largest absolute Gasteiger partial charge is 0.320 e. The molecule has 0 unspecified atom stereocenters. The number of amides is 1. The number of carbonyl (C=O) groups excluding carboxylic acids is 1. The van der Waals surface area contributed by atoms with Crippen molar-refractivity contribution in [1.82, 2.24) is 14.8 Å². The standard InChI is InChI=1S/C17H14BrN5O3S/c1-22-16(11-6-8-12(18)9-7-11)20-21-17(22)27-10-15(24)19-13-4-2-3-5-14(13)23(25)26/h2-9H,10H2,1H3,(H,19,24). The molecule has 27 heavy (non-hydrogen) atoms. The fourth-order valence-corrected chi connectivity index (χ4v) is 3.32. The van der Waals surface area contributed by atoms with Gasteiger partial charge in [0.1, 0.15) is 5.69 Å². The molecule has 10 heteroatoms. The number of nitro groups is 1. The number of benzene rings is 2. The van der Waals surface area contributed by atoms with Crippen LogP contribution < -0.4 is 5.32 Å². The fraction of sp³-hybridized carbons (Fsp3) is 0.118. The van der Waals surface area contributed by atoms with E-state index in [1.807, 2.05) is 31.3 Å². The van der Waals surface area contributed by atoms with Crippen LogP contribution in [0.2, 0.25) is 0 Å². The predicted octanol–water partition coefficient (Wildman–Crippen LogP) is 3.88. The van der Waals surface area contributed by atoms with Gasteiger partial charge in [0, 0.05) is 23.2 Å². The van der Waals surface area contributed by atoms with Crippen molar-refractivity contribution in [2.45, 2.75) is 5.16 Å². The fourth-order valence-electron chi connectivity index (χ4n) is 2.35. The molecule has 2 aromatic carbocycles. The molecule has 0 radical (unpaired) electrons. The van der Waals surface area contributed by atoms with Gasteiger partial charge < -0.3 is 9.88 Å². The molecule has 3 aromatic rings. The molecule has 0 aliphatic rings. The number of aromatic nitrogens is 3. The summed E-state index contributed by atoms with van der Waals surface area (Å²) in [6.07, 6.45) is 0. The number of para-hydroxylation sites is 2. The minimum Gasteiger partial charge on any atom is -0.320 e. The number of hydrogen-bond donors (Lipinski definition) is 1. The third-order valence-corrected chi connectivity index (χ3v) is 5.19. The first-order valence-electron chi connectivity index (χ1n) is 7.77. The highest BCUT2D eigenvalue weighted by Gasteiger charge is 2.16. The number of nitro benzene ring substituents is 1. The molecule has 0 aliphatic carbocycles. The van der Waals surface area contributed by atoms with Crippen molar-refractivity contribution < 1.29 is 9.72 Å². The normalized spacial score (nSPS) is 10.6. The van der Waals surface area contributed by atoms with Gasteiger partial charge in [-0.2, -0.15) is 0 Å². The molecule has 0 saturated carbocycles. The summed E-state index contributed by atoms with van der Waals surface area (Å²) in [7, 11) is 1.82. The molecule has 0 fully saturated rings. The van der Waals surface area contributed by atoms with Crippen molar-refractivity contribution in [2.75, 3.05) is 11.1 Å². The molecule has 0 bridgehead atoms. The average Bonchev–Trinajstić information content (AvgIpc) is 3.01. The minimum atomic E-state index is -0.532. The summed E-state index contributed by atoms with van der Waals surface area (Å²) < 4.78 is 2.77. The number of nitrogens with one attached hydrogen (secondary N) is 1. The van der Waals surface area contributed by atoms with Crippen molar-refractivity contribution in [3.63, 3.8) is 0 Å². The van der Waals surface area contributed by atoms with Gasteiger partial charge in [-0.15, -0.1) is 10.2 Å². The van der Waals surface area contributed by atoms with Crippen molar-refractivity contribution in [2.24, 2.45) is 7.05 Å². The summed E-state index contributed by atoms with van der Waals surface area (Å²) >= 11 is 4.60. The molecule has 3 rings (SSSR count). The maximum atomic E-state index is 12.2.